The van der Waals surface area contributed by atoms with Crippen molar-refractivity contribution in [3.8, 4) is 5.88 Å². The summed E-state index contributed by atoms with van der Waals surface area (Å²) in [4.78, 5) is 31.7. The maximum atomic E-state index is 15.0. The number of ether oxygens (including phenoxy) is 2. The van der Waals surface area contributed by atoms with Gasteiger partial charge in [-0.3, -0.25) is 14.5 Å². The van der Waals surface area contributed by atoms with Gasteiger partial charge in [0, 0.05) is 19.0 Å². The number of carbonyl (C=O) groups excluding carboxylic acids is 2. The number of hydrogen-bond acceptors (Lipinski definition) is 8. The average molecular weight is 679 g/mol. The molecule has 3 aromatic carbocycles. The van der Waals surface area contributed by atoms with Gasteiger partial charge in [0.15, 0.2) is 25.5 Å². The van der Waals surface area contributed by atoms with Crippen LogP contribution in [0.25, 0.3) is 0 Å². The van der Waals surface area contributed by atoms with Crippen molar-refractivity contribution in [1.82, 2.24) is 10.1 Å². The maximum absolute atomic E-state index is 15.0. The fourth-order valence-corrected chi connectivity index (χ4v) is 8.00. The van der Waals surface area contributed by atoms with Gasteiger partial charge in [0.25, 0.3) is 5.88 Å². The Hall–Kier alpha value is -4.15. The standard InChI is InChI=1S/C40H46N2O6Si/c1-39(2,3)49(4,5)48-40-32(22-15-23-33(40)43)35(36-34(37(40)44)38(41-47-36)46-28-31-20-13-8-14-21-31)42(26-29-16-9-6-10-17-29)24-25-45-27-30-18-11-7-12-19-30/h6-21,23,32,35H,22,24-28H2,1-5H3/t32-,35-,40?/m0/s1. The van der Waals surface area contributed by atoms with Gasteiger partial charge in [-0.15, -0.1) is 0 Å². The third-order valence-corrected chi connectivity index (χ3v) is 14.6. The molecule has 49 heavy (non-hydrogen) atoms. The summed E-state index contributed by atoms with van der Waals surface area (Å²) in [6, 6.07) is 29.4. The van der Waals surface area contributed by atoms with Gasteiger partial charge in [-0.2, -0.15) is 0 Å². The zero-order chi connectivity index (χ0) is 34.6. The molecule has 2 aliphatic rings. The van der Waals surface area contributed by atoms with Crippen molar-refractivity contribution in [1.29, 1.82) is 0 Å². The Labute approximate surface area is 290 Å². The zero-order valence-electron chi connectivity index (χ0n) is 29.1. The minimum atomic E-state index is -2.70. The van der Waals surface area contributed by atoms with E-state index in [1.807, 2.05) is 84.9 Å². The number of allylic oxidation sites excluding steroid dienone is 1. The van der Waals surface area contributed by atoms with Crippen LogP contribution < -0.4 is 4.74 Å². The summed E-state index contributed by atoms with van der Waals surface area (Å²) in [5, 5.41) is 4.08. The summed E-state index contributed by atoms with van der Waals surface area (Å²) >= 11 is 0. The molecule has 0 spiro atoms. The van der Waals surface area contributed by atoms with E-state index in [4.69, 9.17) is 18.4 Å². The Morgan fingerprint density at radius 1 is 0.878 bits per heavy atom. The van der Waals surface area contributed by atoms with Gasteiger partial charge in [0.2, 0.25) is 5.78 Å². The second-order valence-electron chi connectivity index (χ2n) is 14.5. The van der Waals surface area contributed by atoms with Gasteiger partial charge in [0.05, 0.1) is 19.3 Å². The summed E-state index contributed by atoms with van der Waals surface area (Å²) in [6.07, 6.45) is 3.83. The van der Waals surface area contributed by atoms with Gasteiger partial charge in [-0.05, 0) is 52.5 Å². The molecule has 3 atom stereocenters. The second-order valence-corrected chi connectivity index (χ2v) is 19.2. The molecule has 0 N–H and O–H groups in total. The highest BCUT2D eigenvalue weighted by atomic mass is 28.4. The molecule has 0 saturated heterocycles. The van der Waals surface area contributed by atoms with Crippen LogP contribution in [0.1, 0.15) is 66.0 Å². The van der Waals surface area contributed by atoms with E-state index < -0.39 is 31.7 Å². The van der Waals surface area contributed by atoms with Crippen molar-refractivity contribution in [2.24, 2.45) is 5.92 Å². The topological polar surface area (TPSA) is 91.1 Å². The highest BCUT2D eigenvalue weighted by Gasteiger charge is 2.65. The Morgan fingerprint density at radius 2 is 1.47 bits per heavy atom. The minimum absolute atomic E-state index is 0.0767. The second kappa shape index (κ2) is 14.4. The normalized spacial score (nSPS) is 20.7. The summed E-state index contributed by atoms with van der Waals surface area (Å²) in [7, 11) is -2.70. The van der Waals surface area contributed by atoms with Crippen LogP contribution in [0.2, 0.25) is 18.1 Å². The van der Waals surface area contributed by atoms with Crippen LogP contribution in [0.15, 0.2) is 108 Å². The monoisotopic (exact) mass is 678 g/mol. The smallest absolute Gasteiger partial charge is 0.265 e. The quantitative estimate of drug-likeness (QED) is 0.0796. The number of benzene rings is 3. The summed E-state index contributed by atoms with van der Waals surface area (Å²) in [6.45, 7) is 12.6. The predicted molar refractivity (Wildman–Crippen MR) is 191 cm³/mol. The number of nitrogens with zero attached hydrogens (tertiary/aromatic N) is 2. The van der Waals surface area contributed by atoms with Gasteiger partial charge in [-0.1, -0.05) is 118 Å². The lowest BCUT2D eigenvalue weighted by atomic mass is 9.65. The first-order valence-electron chi connectivity index (χ1n) is 17.0. The van der Waals surface area contributed by atoms with Crippen LogP contribution in [0.4, 0.5) is 0 Å². The van der Waals surface area contributed by atoms with E-state index in [1.54, 1.807) is 0 Å². The first-order chi connectivity index (χ1) is 23.5. The number of Topliss-reactive ketones (excluding diaryl/α,β-unsaturated/α-hetero) is 1. The molecule has 1 aromatic heterocycles. The molecule has 0 fully saturated rings. The van der Waals surface area contributed by atoms with Crippen LogP contribution in [-0.2, 0) is 33.7 Å². The fourth-order valence-electron chi connectivity index (χ4n) is 6.55. The van der Waals surface area contributed by atoms with E-state index >= 15 is 4.79 Å². The predicted octanol–water partition coefficient (Wildman–Crippen LogP) is 8.12. The summed E-state index contributed by atoms with van der Waals surface area (Å²) in [5.41, 5.74) is 1.51. The summed E-state index contributed by atoms with van der Waals surface area (Å²) < 4.78 is 25.7. The zero-order valence-corrected chi connectivity index (χ0v) is 30.1. The van der Waals surface area contributed by atoms with Crippen molar-refractivity contribution < 1.29 is 28.0 Å². The van der Waals surface area contributed by atoms with Crippen LogP contribution >= 0.6 is 0 Å². The van der Waals surface area contributed by atoms with Crippen LogP contribution in [0, 0.1) is 5.92 Å². The van der Waals surface area contributed by atoms with E-state index in [1.165, 1.54) is 6.08 Å². The number of aromatic nitrogens is 1. The third kappa shape index (κ3) is 7.12. The number of fused-ring (bicyclic) bond motifs is 2. The Kier molecular flexibility index (Phi) is 10.2. The van der Waals surface area contributed by atoms with E-state index in [-0.39, 0.29) is 28.9 Å². The molecule has 0 amide bonds. The molecule has 9 heteroatoms. The van der Waals surface area contributed by atoms with Gasteiger partial charge >= 0.3 is 0 Å². The molecule has 1 heterocycles. The highest BCUT2D eigenvalue weighted by Crippen LogP contribution is 2.54. The van der Waals surface area contributed by atoms with Crippen molar-refractivity contribution >= 4 is 19.9 Å². The summed E-state index contributed by atoms with van der Waals surface area (Å²) in [5.74, 6) is -0.869. The van der Waals surface area contributed by atoms with Gasteiger partial charge in [0.1, 0.15) is 12.2 Å². The molecule has 6 rings (SSSR count). The van der Waals surface area contributed by atoms with Crippen molar-refractivity contribution in [3.05, 3.63) is 131 Å². The molecule has 0 saturated carbocycles. The van der Waals surface area contributed by atoms with Crippen molar-refractivity contribution in [2.75, 3.05) is 13.2 Å². The fraction of sp³-hybridized carbons (Fsp3) is 0.375. The van der Waals surface area contributed by atoms with Crippen LogP contribution in [0.5, 0.6) is 5.88 Å². The number of carbonyl (C=O) groups is 2. The average Bonchev–Trinajstić information content (AvgIpc) is 3.51. The van der Waals surface area contributed by atoms with E-state index in [0.717, 1.165) is 16.7 Å². The largest absolute Gasteiger partial charge is 0.470 e. The van der Waals surface area contributed by atoms with Crippen molar-refractivity contribution in [3.63, 3.8) is 0 Å². The number of hydrogen-bond donors (Lipinski definition) is 0. The number of rotatable bonds is 13. The Bertz CT molecular complexity index is 1770. The molecule has 4 aromatic rings. The number of ketones is 2. The molecule has 0 radical (unpaired) electrons. The highest BCUT2D eigenvalue weighted by molar-refractivity contribution is 6.74. The first-order valence-corrected chi connectivity index (χ1v) is 19.9. The lowest BCUT2D eigenvalue weighted by Crippen LogP contribution is -2.66. The first kappa shape index (κ1) is 34.7. The molecular formula is C40H46N2O6Si. The molecule has 256 valence electrons. The van der Waals surface area contributed by atoms with E-state index in [0.29, 0.717) is 38.5 Å². The van der Waals surface area contributed by atoms with Gasteiger partial charge < -0.3 is 18.4 Å². The Balaban J connectivity index is 1.44. The minimum Gasteiger partial charge on any atom is -0.470 e. The molecule has 2 aliphatic carbocycles. The Morgan fingerprint density at radius 3 is 2.08 bits per heavy atom. The lowest BCUT2D eigenvalue weighted by molar-refractivity contribution is -0.136. The molecule has 1 unspecified atom stereocenters. The molecule has 0 aliphatic heterocycles. The van der Waals surface area contributed by atoms with Crippen LogP contribution in [0.3, 0.4) is 0 Å². The molecule has 8 nitrogen and oxygen atoms in total. The molecular weight excluding hydrogens is 633 g/mol. The van der Waals surface area contributed by atoms with Crippen LogP contribution in [-0.4, -0.2) is 48.7 Å². The third-order valence-electron chi connectivity index (χ3n) is 10.1. The molecule has 0 bridgehead atoms. The SMILES string of the molecule is CC(C)(C)[Si](C)(C)OC12C(=O)C=CC[C@H]1[C@H](N(CCOCc1ccccc1)Cc1ccccc1)c1onc(OCc3ccccc3)c1C2=O. The van der Waals surface area contributed by atoms with Crippen molar-refractivity contribution in [2.45, 2.75) is 76.7 Å². The van der Waals surface area contributed by atoms with E-state index in [2.05, 4.69) is 56.1 Å². The van der Waals surface area contributed by atoms with E-state index in [9.17, 15) is 4.79 Å². The maximum Gasteiger partial charge on any atom is 0.265 e. The van der Waals surface area contributed by atoms with Gasteiger partial charge in [-0.25, -0.2) is 0 Å². The lowest BCUT2D eigenvalue weighted by Gasteiger charge is -2.52.